The molecule has 17 heavy (non-hydrogen) atoms. The second-order valence-electron chi connectivity index (χ2n) is 3.85. The fraction of sp³-hybridized carbons (Fsp3) is 0.429. The minimum atomic E-state index is 0.507. The minimum Gasteiger partial charge on any atom is -0.316 e. The highest BCUT2D eigenvalue weighted by atomic mass is 35.5. The lowest BCUT2D eigenvalue weighted by Crippen LogP contribution is -2.27. The van der Waals surface area contributed by atoms with Gasteiger partial charge in [-0.15, -0.1) is 24.1 Å². The molecule has 0 aliphatic rings. The van der Waals surface area contributed by atoms with Gasteiger partial charge in [-0.3, -0.25) is 0 Å². The van der Waals surface area contributed by atoms with E-state index in [1.54, 1.807) is 0 Å². The van der Waals surface area contributed by atoms with E-state index >= 15 is 0 Å². The topological polar surface area (TPSA) is 12.0 Å². The predicted octanol–water partition coefficient (Wildman–Crippen LogP) is 3.82. The van der Waals surface area contributed by atoms with E-state index in [0.717, 1.165) is 30.0 Å². The van der Waals surface area contributed by atoms with Gasteiger partial charge >= 0.3 is 0 Å². The lowest BCUT2D eigenvalue weighted by Gasteiger charge is -2.15. The number of terminal acetylenes is 1. The normalized spacial score (nSPS) is 12.1. The number of unbranched alkanes of at least 4 members (excludes halogenated alkanes) is 1. The highest BCUT2D eigenvalue weighted by Gasteiger charge is 2.06. The quantitative estimate of drug-likeness (QED) is 0.458. The first-order chi connectivity index (χ1) is 8.26. The van der Waals surface area contributed by atoms with Gasteiger partial charge in [0.25, 0.3) is 0 Å². The monoisotopic (exact) mass is 267 g/mol. The van der Waals surface area contributed by atoms with Crippen LogP contribution >= 0.6 is 23.4 Å². The number of rotatable bonds is 7. The van der Waals surface area contributed by atoms with Crippen molar-refractivity contribution in [1.82, 2.24) is 5.32 Å². The minimum absolute atomic E-state index is 0.507. The largest absolute Gasteiger partial charge is 0.316 e. The van der Waals surface area contributed by atoms with Gasteiger partial charge in [0.15, 0.2) is 0 Å². The van der Waals surface area contributed by atoms with Gasteiger partial charge in [0.05, 0.1) is 0 Å². The molecule has 0 fully saturated rings. The Labute approximate surface area is 113 Å². The molecule has 0 aliphatic heterocycles. The second kappa shape index (κ2) is 8.47. The van der Waals surface area contributed by atoms with Crippen molar-refractivity contribution < 1.29 is 0 Å². The van der Waals surface area contributed by atoms with Crippen LogP contribution in [0.2, 0.25) is 5.02 Å². The zero-order valence-corrected chi connectivity index (χ0v) is 11.7. The molecule has 1 aromatic carbocycles. The van der Waals surface area contributed by atoms with Gasteiger partial charge in [-0.1, -0.05) is 17.7 Å². The van der Waals surface area contributed by atoms with Gasteiger partial charge in [-0.25, -0.2) is 0 Å². The van der Waals surface area contributed by atoms with Crippen LogP contribution in [0.4, 0.5) is 0 Å². The molecular formula is C14H18ClNS. The predicted molar refractivity (Wildman–Crippen MR) is 77.7 cm³/mol. The number of halogens is 1. The molecule has 0 aromatic heterocycles. The molecule has 92 valence electrons. The Bertz CT molecular complexity index is 373. The molecule has 0 aliphatic carbocycles. The fourth-order valence-corrected chi connectivity index (χ4v) is 2.88. The molecule has 1 rings (SSSR count). The van der Waals surface area contributed by atoms with Crippen LogP contribution in [-0.4, -0.2) is 18.8 Å². The van der Waals surface area contributed by atoms with E-state index in [2.05, 4.69) is 17.3 Å². The lowest BCUT2D eigenvalue weighted by atomic mass is 10.1. The Kier molecular flexibility index (Phi) is 7.19. The van der Waals surface area contributed by atoms with E-state index in [1.165, 1.54) is 4.90 Å². The van der Waals surface area contributed by atoms with Gasteiger partial charge in [0.1, 0.15) is 0 Å². The third-order valence-corrected chi connectivity index (χ3v) is 3.92. The number of thioether (sulfide) groups is 1. The zero-order chi connectivity index (χ0) is 12.5. The SMILES string of the molecule is C#CCCCC(CSc1cccc(Cl)c1)NC. The Balaban J connectivity index is 2.34. The summed E-state index contributed by atoms with van der Waals surface area (Å²) in [6.07, 6.45) is 8.31. The summed E-state index contributed by atoms with van der Waals surface area (Å²) in [5.74, 6) is 3.72. The zero-order valence-electron chi connectivity index (χ0n) is 10.1. The van der Waals surface area contributed by atoms with Gasteiger partial charge in [-0.05, 0) is 38.1 Å². The third kappa shape index (κ3) is 6.02. The average Bonchev–Trinajstić information content (AvgIpc) is 2.34. The maximum atomic E-state index is 5.95. The summed E-state index contributed by atoms with van der Waals surface area (Å²) in [6.45, 7) is 0. The van der Waals surface area contributed by atoms with E-state index in [4.69, 9.17) is 18.0 Å². The highest BCUT2D eigenvalue weighted by Crippen LogP contribution is 2.23. The Morgan fingerprint density at radius 3 is 3.00 bits per heavy atom. The van der Waals surface area contributed by atoms with E-state index in [1.807, 2.05) is 37.0 Å². The lowest BCUT2D eigenvalue weighted by molar-refractivity contribution is 0.554. The number of hydrogen-bond acceptors (Lipinski definition) is 2. The van der Waals surface area contributed by atoms with Crippen molar-refractivity contribution >= 4 is 23.4 Å². The molecule has 0 bridgehead atoms. The van der Waals surface area contributed by atoms with E-state index in [9.17, 15) is 0 Å². The molecule has 1 aromatic rings. The first-order valence-corrected chi connectivity index (χ1v) is 7.11. The standard InChI is InChI=1S/C14H18ClNS/c1-3-4-5-8-13(16-2)11-17-14-9-6-7-12(15)10-14/h1,6-7,9-10,13,16H,4-5,8,11H2,2H3. The van der Waals surface area contributed by atoms with Crippen molar-refractivity contribution in [3.63, 3.8) is 0 Å². The summed E-state index contributed by atoms with van der Waals surface area (Å²) in [4.78, 5) is 1.22. The van der Waals surface area contributed by atoms with Gasteiger partial charge in [0.2, 0.25) is 0 Å². The molecule has 1 N–H and O–H groups in total. The first-order valence-electron chi connectivity index (χ1n) is 5.75. The van der Waals surface area contributed by atoms with Gasteiger partial charge in [0, 0.05) is 28.1 Å². The molecule has 1 atom stereocenters. The number of hydrogen-bond donors (Lipinski definition) is 1. The summed E-state index contributed by atoms with van der Waals surface area (Å²) in [7, 11) is 2.00. The van der Waals surface area contributed by atoms with Crippen LogP contribution in [0.3, 0.4) is 0 Å². The smallest absolute Gasteiger partial charge is 0.0417 e. The molecule has 0 saturated carbocycles. The molecule has 0 heterocycles. The molecule has 1 nitrogen and oxygen atoms in total. The van der Waals surface area contributed by atoms with Crippen molar-refractivity contribution in [2.75, 3.05) is 12.8 Å². The van der Waals surface area contributed by atoms with Crippen LogP contribution in [0.25, 0.3) is 0 Å². The van der Waals surface area contributed by atoms with Crippen LogP contribution in [0.1, 0.15) is 19.3 Å². The van der Waals surface area contributed by atoms with Crippen molar-refractivity contribution in [3.8, 4) is 12.3 Å². The van der Waals surface area contributed by atoms with E-state index in [-0.39, 0.29) is 0 Å². The molecule has 0 radical (unpaired) electrons. The molecule has 0 amide bonds. The number of nitrogens with one attached hydrogen (secondary N) is 1. The first kappa shape index (κ1) is 14.4. The van der Waals surface area contributed by atoms with Crippen LogP contribution < -0.4 is 5.32 Å². The van der Waals surface area contributed by atoms with Crippen LogP contribution in [0, 0.1) is 12.3 Å². The Morgan fingerprint density at radius 2 is 2.35 bits per heavy atom. The Hall–Kier alpha value is -0.620. The molecular weight excluding hydrogens is 250 g/mol. The Morgan fingerprint density at radius 1 is 1.53 bits per heavy atom. The van der Waals surface area contributed by atoms with Crippen molar-refractivity contribution in [2.45, 2.75) is 30.2 Å². The van der Waals surface area contributed by atoms with Crippen molar-refractivity contribution in [2.24, 2.45) is 0 Å². The van der Waals surface area contributed by atoms with Crippen LogP contribution in [-0.2, 0) is 0 Å². The molecule has 0 spiro atoms. The third-order valence-electron chi connectivity index (χ3n) is 2.53. The van der Waals surface area contributed by atoms with Crippen molar-refractivity contribution in [3.05, 3.63) is 29.3 Å². The average molecular weight is 268 g/mol. The maximum Gasteiger partial charge on any atom is 0.0417 e. The summed E-state index contributed by atoms with van der Waals surface area (Å²) in [6, 6.07) is 8.48. The summed E-state index contributed by atoms with van der Waals surface area (Å²) in [5.41, 5.74) is 0. The van der Waals surface area contributed by atoms with Gasteiger partial charge in [-0.2, -0.15) is 0 Å². The molecule has 3 heteroatoms. The molecule has 0 saturated heterocycles. The van der Waals surface area contributed by atoms with Gasteiger partial charge < -0.3 is 5.32 Å². The van der Waals surface area contributed by atoms with E-state index in [0.29, 0.717) is 6.04 Å². The summed E-state index contributed by atoms with van der Waals surface area (Å²) < 4.78 is 0. The summed E-state index contributed by atoms with van der Waals surface area (Å²) >= 11 is 7.77. The maximum absolute atomic E-state index is 5.95. The number of benzene rings is 1. The summed E-state index contributed by atoms with van der Waals surface area (Å²) in [5, 5.41) is 4.12. The van der Waals surface area contributed by atoms with Crippen LogP contribution in [0.15, 0.2) is 29.2 Å². The highest BCUT2D eigenvalue weighted by molar-refractivity contribution is 7.99. The van der Waals surface area contributed by atoms with E-state index < -0.39 is 0 Å². The van der Waals surface area contributed by atoms with Crippen LogP contribution in [0.5, 0.6) is 0 Å². The molecule has 1 unspecified atom stereocenters. The second-order valence-corrected chi connectivity index (χ2v) is 5.38. The van der Waals surface area contributed by atoms with Crippen molar-refractivity contribution in [1.29, 1.82) is 0 Å². The fourth-order valence-electron chi connectivity index (χ4n) is 1.52.